The molecule has 9 heavy (non-hydrogen) atoms. The average molecular weight is 177 g/mol. The number of hydrogen-bond donors (Lipinski definition) is 1. The molecule has 0 saturated carbocycles. The van der Waals surface area contributed by atoms with Gasteiger partial charge in [0.15, 0.2) is 4.34 Å². The normalized spacial score (nSPS) is 9.33. The summed E-state index contributed by atoms with van der Waals surface area (Å²) in [6.45, 7) is 0. The molecule has 48 valence electrons. The molecule has 0 amide bonds. The van der Waals surface area contributed by atoms with Gasteiger partial charge in [0.2, 0.25) is 0 Å². The number of rotatable bonds is 1. The molecule has 0 radical (unpaired) electrons. The van der Waals surface area contributed by atoms with Crippen molar-refractivity contribution in [1.29, 1.82) is 0 Å². The predicted molar refractivity (Wildman–Crippen MR) is 42.6 cm³/mol. The summed E-state index contributed by atoms with van der Waals surface area (Å²) in [7, 11) is 0. The van der Waals surface area contributed by atoms with Crippen LogP contribution in [0, 0.1) is 0 Å². The van der Waals surface area contributed by atoms with E-state index in [1.54, 1.807) is 5.51 Å². The van der Waals surface area contributed by atoms with E-state index in [1.807, 2.05) is 0 Å². The molecule has 1 aromatic rings. The van der Waals surface area contributed by atoms with Gasteiger partial charge in [0, 0.05) is 0 Å². The Hall–Kier alpha value is -0.200. The molecule has 0 atom stereocenters. The van der Waals surface area contributed by atoms with Gasteiger partial charge in [0.1, 0.15) is 9.83 Å². The van der Waals surface area contributed by atoms with E-state index in [9.17, 15) is 0 Å². The monoisotopic (exact) mass is 177 g/mol. The van der Waals surface area contributed by atoms with Gasteiger partial charge in [-0.05, 0) is 11.8 Å². The van der Waals surface area contributed by atoms with Crippen molar-refractivity contribution < 1.29 is 0 Å². The lowest BCUT2D eigenvalue weighted by atomic mass is 11.5. The summed E-state index contributed by atoms with van der Waals surface area (Å²) in [6.07, 6.45) is 0. The van der Waals surface area contributed by atoms with Crippen LogP contribution < -0.4 is 5.73 Å². The van der Waals surface area contributed by atoms with Gasteiger partial charge in [-0.3, -0.25) is 0 Å². The summed E-state index contributed by atoms with van der Waals surface area (Å²) in [5.41, 5.74) is 6.86. The van der Waals surface area contributed by atoms with Gasteiger partial charge in [-0.25, -0.2) is 0 Å². The Balaban J connectivity index is 2.58. The molecule has 0 spiro atoms. The van der Waals surface area contributed by atoms with E-state index in [2.05, 4.69) is 22.4 Å². The van der Waals surface area contributed by atoms with Gasteiger partial charge in [-0.2, -0.15) is 0 Å². The lowest BCUT2D eigenvalue weighted by Gasteiger charge is -1.86. The number of nitrogens with two attached hydrogens (primary N) is 1. The molecule has 0 saturated heterocycles. The van der Waals surface area contributed by atoms with Crippen LogP contribution in [0.5, 0.6) is 0 Å². The third-order valence-corrected chi connectivity index (χ3v) is 2.26. The Morgan fingerprint density at radius 2 is 2.67 bits per heavy atom. The van der Waals surface area contributed by atoms with E-state index in [0.29, 0.717) is 4.32 Å². The van der Waals surface area contributed by atoms with Crippen molar-refractivity contribution in [2.75, 3.05) is 0 Å². The number of thioether (sulfide) groups is 1. The van der Waals surface area contributed by atoms with Crippen molar-refractivity contribution in [1.82, 2.24) is 10.2 Å². The summed E-state index contributed by atoms with van der Waals surface area (Å²) in [6, 6.07) is 0. The van der Waals surface area contributed by atoms with E-state index in [1.165, 1.54) is 23.1 Å². The Morgan fingerprint density at radius 3 is 3.11 bits per heavy atom. The minimum atomic E-state index is 0.381. The van der Waals surface area contributed by atoms with Crippen LogP contribution in [-0.2, 0) is 0 Å². The van der Waals surface area contributed by atoms with Crippen molar-refractivity contribution in [2.24, 2.45) is 5.73 Å². The first-order valence-corrected chi connectivity index (χ1v) is 4.13. The second kappa shape index (κ2) is 3.09. The van der Waals surface area contributed by atoms with Gasteiger partial charge in [-0.1, -0.05) is 23.6 Å². The molecular formula is C3H3N3S3. The molecule has 0 aliphatic carbocycles. The zero-order valence-corrected chi connectivity index (χ0v) is 6.72. The number of hydrogen-bond acceptors (Lipinski definition) is 5. The summed E-state index contributed by atoms with van der Waals surface area (Å²) in [5, 5.41) is 7.33. The maximum absolute atomic E-state index is 5.22. The third-order valence-electron chi connectivity index (χ3n) is 0.528. The highest BCUT2D eigenvalue weighted by atomic mass is 32.2. The third kappa shape index (κ3) is 2.25. The Labute approximate surface area is 65.7 Å². The number of aromatic nitrogens is 2. The van der Waals surface area contributed by atoms with Gasteiger partial charge >= 0.3 is 0 Å². The average Bonchev–Trinajstić information content (AvgIpc) is 2.15. The van der Waals surface area contributed by atoms with Crippen LogP contribution in [-0.4, -0.2) is 14.5 Å². The summed E-state index contributed by atoms with van der Waals surface area (Å²) >= 11 is 7.31. The molecule has 0 aromatic carbocycles. The maximum atomic E-state index is 5.22. The molecular weight excluding hydrogens is 174 g/mol. The van der Waals surface area contributed by atoms with Crippen LogP contribution in [0.4, 0.5) is 0 Å². The van der Waals surface area contributed by atoms with Crippen molar-refractivity contribution in [3.8, 4) is 0 Å². The Kier molecular flexibility index (Phi) is 2.38. The molecule has 0 unspecified atom stereocenters. The summed E-state index contributed by atoms with van der Waals surface area (Å²) in [5.74, 6) is 0. The van der Waals surface area contributed by atoms with Crippen molar-refractivity contribution in [2.45, 2.75) is 4.34 Å². The van der Waals surface area contributed by atoms with Crippen molar-refractivity contribution in [3.63, 3.8) is 0 Å². The second-order valence-electron chi connectivity index (χ2n) is 1.13. The molecule has 1 heterocycles. The minimum absolute atomic E-state index is 0.381. The van der Waals surface area contributed by atoms with E-state index in [4.69, 9.17) is 5.73 Å². The number of nitrogens with zero attached hydrogens (tertiary/aromatic N) is 2. The summed E-state index contributed by atoms with van der Waals surface area (Å²) < 4.78 is 1.18. The molecule has 0 bridgehead atoms. The van der Waals surface area contributed by atoms with E-state index >= 15 is 0 Å². The lowest BCUT2D eigenvalue weighted by molar-refractivity contribution is 1.01. The molecule has 0 aliphatic rings. The fourth-order valence-corrected chi connectivity index (χ4v) is 1.82. The molecule has 2 N–H and O–H groups in total. The van der Waals surface area contributed by atoms with Crippen molar-refractivity contribution >= 4 is 39.6 Å². The highest BCUT2D eigenvalue weighted by Gasteiger charge is 1.97. The molecule has 3 nitrogen and oxygen atoms in total. The molecule has 0 fully saturated rings. The van der Waals surface area contributed by atoms with Crippen LogP contribution in [0.2, 0.25) is 0 Å². The van der Waals surface area contributed by atoms with Gasteiger partial charge in [0.05, 0.1) is 0 Å². The number of thiocarbonyl (C=S) groups is 1. The van der Waals surface area contributed by atoms with Crippen molar-refractivity contribution in [3.05, 3.63) is 5.51 Å². The predicted octanol–water partition coefficient (Wildman–Crippen LogP) is 0.874. The topological polar surface area (TPSA) is 51.8 Å². The van der Waals surface area contributed by atoms with Gasteiger partial charge in [0.25, 0.3) is 0 Å². The van der Waals surface area contributed by atoms with E-state index < -0.39 is 0 Å². The first-order valence-electron chi connectivity index (χ1n) is 2.02. The Bertz CT molecular complexity index is 194. The van der Waals surface area contributed by atoms with Crippen LogP contribution in [0.15, 0.2) is 9.85 Å². The molecule has 1 rings (SSSR count). The van der Waals surface area contributed by atoms with Crippen LogP contribution >= 0.6 is 35.3 Å². The van der Waals surface area contributed by atoms with E-state index in [-0.39, 0.29) is 0 Å². The lowest BCUT2D eigenvalue weighted by Crippen LogP contribution is -2.00. The van der Waals surface area contributed by atoms with Crippen LogP contribution in [0.25, 0.3) is 0 Å². The zero-order valence-electron chi connectivity index (χ0n) is 4.27. The smallest absolute Gasteiger partial charge is 0.181 e. The minimum Gasteiger partial charge on any atom is -0.384 e. The van der Waals surface area contributed by atoms with Gasteiger partial charge < -0.3 is 5.73 Å². The van der Waals surface area contributed by atoms with E-state index in [0.717, 1.165) is 4.34 Å². The largest absolute Gasteiger partial charge is 0.384 e. The highest BCUT2D eigenvalue weighted by Crippen LogP contribution is 2.17. The fourth-order valence-electron chi connectivity index (χ4n) is 0.293. The second-order valence-corrected chi connectivity index (χ2v) is 3.95. The first-order chi connectivity index (χ1) is 4.29. The standard InChI is InChI=1S/C3H3N3S3/c4-2(7)9-3-6-5-1-8-3/h1H,(H2,4,7). The highest BCUT2D eigenvalue weighted by molar-refractivity contribution is 8.23. The van der Waals surface area contributed by atoms with Crippen LogP contribution in [0.3, 0.4) is 0 Å². The maximum Gasteiger partial charge on any atom is 0.181 e. The Morgan fingerprint density at radius 1 is 1.89 bits per heavy atom. The SMILES string of the molecule is NC(=S)Sc1nncs1. The molecule has 1 aromatic heterocycles. The fraction of sp³-hybridized carbons (Fsp3) is 0. The first kappa shape index (κ1) is 6.91. The molecule has 6 heteroatoms. The van der Waals surface area contributed by atoms with Gasteiger partial charge in [-0.15, -0.1) is 10.2 Å². The quantitative estimate of drug-likeness (QED) is 0.509. The zero-order chi connectivity index (χ0) is 6.69. The van der Waals surface area contributed by atoms with Crippen LogP contribution in [0.1, 0.15) is 0 Å². The molecule has 0 aliphatic heterocycles. The summed E-state index contributed by atoms with van der Waals surface area (Å²) in [4.78, 5) is 0.